The third-order valence-electron chi connectivity index (χ3n) is 4.35. The van der Waals surface area contributed by atoms with Gasteiger partial charge < -0.3 is 5.32 Å². The summed E-state index contributed by atoms with van der Waals surface area (Å²) in [6, 6.07) is 11.6. The van der Waals surface area contributed by atoms with Crippen molar-refractivity contribution in [1.29, 1.82) is 0 Å². The topological polar surface area (TPSA) is 92.7 Å². The highest BCUT2D eigenvalue weighted by molar-refractivity contribution is 5.90. The third-order valence-corrected chi connectivity index (χ3v) is 4.35. The summed E-state index contributed by atoms with van der Waals surface area (Å²) in [7, 11) is 0. The summed E-state index contributed by atoms with van der Waals surface area (Å²) in [4.78, 5) is 31.8. The molecule has 28 heavy (non-hydrogen) atoms. The van der Waals surface area contributed by atoms with Crippen LogP contribution in [0, 0.1) is 13.8 Å². The lowest BCUT2D eigenvalue weighted by atomic mass is 10.1. The van der Waals surface area contributed by atoms with Crippen LogP contribution in [0.1, 0.15) is 35.9 Å². The minimum Gasteiger partial charge on any atom is -0.310 e. The van der Waals surface area contributed by atoms with Crippen LogP contribution in [-0.2, 0) is 17.6 Å². The van der Waals surface area contributed by atoms with Gasteiger partial charge in [0.1, 0.15) is 5.82 Å². The van der Waals surface area contributed by atoms with Crippen LogP contribution in [0.4, 0.5) is 5.82 Å². The van der Waals surface area contributed by atoms with Crippen LogP contribution < -0.4 is 10.9 Å². The summed E-state index contributed by atoms with van der Waals surface area (Å²) in [5, 5.41) is 7.23. The number of nitrogens with one attached hydrogen (secondary N) is 2. The maximum absolute atomic E-state index is 12.4. The molecule has 2 N–H and O–H groups in total. The number of carbonyl (C=O) groups is 1. The number of rotatable bonds is 6. The molecule has 0 bridgehead atoms. The number of hydrogen-bond acceptors (Lipinski definition) is 4. The Morgan fingerprint density at radius 1 is 1.21 bits per heavy atom. The van der Waals surface area contributed by atoms with Gasteiger partial charge in [0.05, 0.1) is 5.69 Å². The lowest BCUT2D eigenvalue weighted by Crippen LogP contribution is -2.22. The van der Waals surface area contributed by atoms with Crippen molar-refractivity contribution < 1.29 is 4.79 Å². The Morgan fingerprint density at radius 3 is 2.57 bits per heavy atom. The van der Waals surface area contributed by atoms with Crippen LogP contribution >= 0.6 is 12.4 Å². The van der Waals surface area contributed by atoms with Crippen LogP contribution in [0.15, 0.2) is 41.2 Å². The number of aryl methyl sites for hydroxylation is 3. The summed E-state index contributed by atoms with van der Waals surface area (Å²) in [6.45, 7) is 5.53. The molecule has 0 aliphatic heterocycles. The van der Waals surface area contributed by atoms with Crippen LogP contribution in [0.5, 0.6) is 0 Å². The number of H-pyrrole nitrogens is 1. The standard InChI is InChI=1S/C20H23N5O2.ClH/c1-4-16-14(3)21-20(23-19(16)27)25-17(12-13(2)24-25)22-18(26)11-10-15-8-6-5-7-9-15;/h5-9,12H,4,10-11H2,1-3H3,(H,22,26)(H,21,23,27);1H. The van der Waals surface area contributed by atoms with Gasteiger partial charge in [0, 0.05) is 23.7 Å². The SMILES string of the molecule is CCc1c(C)nc(-n2nc(C)cc2NC(=O)CCc2ccccc2)[nH]c1=O.Cl. The van der Waals surface area contributed by atoms with Crippen LogP contribution in [0.3, 0.4) is 0 Å². The van der Waals surface area contributed by atoms with E-state index in [0.29, 0.717) is 48.0 Å². The molecule has 1 amide bonds. The highest BCUT2D eigenvalue weighted by atomic mass is 35.5. The molecule has 0 atom stereocenters. The Labute approximate surface area is 169 Å². The molecule has 7 nitrogen and oxygen atoms in total. The fourth-order valence-electron chi connectivity index (χ4n) is 2.97. The highest BCUT2D eigenvalue weighted by Gasteiger charge is 2.15. The van der Waals surface area contributed by atoms with Crippen LogP contribution in [-0.4, -0.2) is 25.7 Å². The zero-order valence-corrected chi connectivity index (χ0v) is 17.0. The molecular formula is C20H24ClN5O2. The van der Waals surface area contributed by atoms with E-state index in [1.165, 1.54) is 4.68 Å². The van der Waals surface area contributed by atoms with Gasteiger partial charge >= 0.3 is 0 Å². The second kappa shape index (κ2) is 9.32. The Kier molecular flexibility index (Phi) is 7.12. The molecule has 0 aliphatic carbocycles. The van der Waals surface area contributed by atoms with Gasteiger partial charge in [0.25, 0.3) is 5.56 Å². The maximum Gasteiger partial charge on any atom is 0.255 e. The van der Waals surface area contributed by atoms with E-state index in [9.17, 15) is 9.59 Å². The number of anilines is 1. The largest absolute Gasteiger partial charge is 0.310 e. The summed E-state index contributed by atoms with van der Waals surface area (Å²) >= 11 is 0. The normalized spacial score (nSPS) is 10.4. The van der Waals surface area contributed by atoms with Gasteiger partial charge in [0.2, 0.25) is 11.9 Å². The van der Waals surface area contributed by atoms with Crippen molar-refractivity contribution in [3.63, 3.8) is 0 Å². The van der Waals surface area contributed by atoms with E-state index in [1.807, 2.05) is 44.2 Å². The fraction of sp³-hybridized carbons (Fsp3) is 0.300. The monoisotopic (exact) mass is 401 g/mol. The van der Waals surface area contributed by atoms with Gasteiger partial charge in [-0.2, -0.15) is 9.78 Å². The Morgan fingerprint density at radius 2 is 1.93 bits per heavy atom. The first-order valence-electron chi connectivity index (χ1n) is 8.98. The van der Waals surface area contributed by atoms with Crippen LogP contribution in [0.2, 0.25) is 0 Å². The van der Waals surface area contributed by atoms with Crippen molar-refractivity contribution in [2.24, 2.45) is 0 Å². The zero-order valence-electron chi connectivity index (χ0n) is 16.2. The minimum atomic E-state index is -0.186. The molecule has 0 saturated carbocycles. The predicted octanol–water partition coefficient (Wildman–Crippen LogP) is 3.13. The first kappa shape index (κ1) is 21.4. The zero-order chi connectivity index (χ0) is 19.4. The van der Waals surface area contributed by atoms with Crippen LogP contribution in [0.25, 0.3) is 5.95 Å². The van der Waals surface area contributed by atoms with Crippen molar-refractivity contribution in [2.45, 2.75) is 40.0 Å². The number of carbonyl (C=O) groups excluding carboxylic acids is 1. The Balaban J connectivity index is 0.00000280. The second-order valence-electron chi connectivity index (χ2n) is 6.42. The van der Waals surface area contributed by atoms with Gasteiger partial charge in [-0.25, -0.2) is 4.98 Å². The smallest absolute Gasteiger partial charge is 0.255 e. The average molecular weight is 402 g/mol. The average Bonchev–Trinajstić information content (AvgIpc) is 3.01. The van der Waals surface area contributed by atoms with E-state index in [4.69, 9.17) is 0 Å². The molecule has 3 rings (SSSR count). The van der Waals surface area contributed by atoms with Gasteiger partial charge in [-0.05, 0) is 32.3 Å². The van der Waals surface area contributed by atoms with E-state index in [2.05, 4.69) is 20.4 Å². The maximum atomic E-state index is 12.4. The summed E-state index contributed by atoms with van der Waals surface area (Å²) < 4.78 is 1.46. The number of halogens is 1. The highest BCUT2D eigenvalue weighted by Crippen LogP contribution is 2.15. The van der Waals surface area contributed by atoms with E-state index in [0.717, 1.165) is 5.56 Å². The molecular weight excluding hydrogens is 378 g/mol. The molecule has 0 unspecified atom stereocenters. The van der Waals surface area contributed by atoms with E-state index >= 15 is 0 Å². The Bertz CT molecular complexity index is 1010. The first-order chi connectivity index (χ1) is 13.0. The molecule has 1 aromatic carbocycles. The number of aromatic amines is 1. The van der Waals surface area contributed by atoms with E-state index in [1.54, 1.807) is 13.0 Å². The van der Waals surface area contributed by atoms with E-state index in [-0.39, 0.29) is 23.9 Å². The lowest BCUT2D eigenvalue weighted by molar-refractivity contribution is -0.116. The molecule has 2 heterocycles. The van der Waals surface area contributed by atoms with Gasteiger partial charge in [-0.15, -0.1) is 12.4 Å². The van der Waals surface area contributed by atoms with Crippen molar-refractivity contribution in [3.05, 3.63) is 69.3 Å². The molecule has 2 aromatic heterocycles. The number of benzene rings is 1. The molecule has 0 saturated heterocycles. The number of aromatic nitrogens is 4. The third kappa shape index (κ3) is 4.86. The lowest BCUT2D eigenvalue weighted by Gasteiger charge is -2.10. The fourth-order valence-corrected chi connectivity index (χ4v) is 2.97. The van der Waals surface area contributed by atoms with Gasteiger partial charge in [-0.3, -0.25) is 14.6 Å². The molecule has 0 aliphatic rings. The first-order valence-corrected chi connectivity index (χ1v) is 8.98. The molecule has 0 radical (unpaired) electrons. The summed E-state index contributed by atoms with van der Waals surface area (Å²) in [5.74, 6) is 0.655. The molecule has 148 valence electrons. The molecule has 0 fully saturated rings. The molecule has 0 spiro atoms. The predicted molar refractivity (Wildman–Crippen MR) is 111 cm³/mol. The summed E-state index contributed by atoms with van der Waals surface area (Å²) in [5.41, 5.74) is 2.94. The number of hydrogen-bond donors (Lipinski definition) is 2. The van der Waals surface area contributed by atoms with Crippen molar-refractivity contribution in [2.75, 3.05) is 5.32 Å². The van der Waals surface area contributed by atoms with Gasteiger partial charge in [-0.1, -0.05) is 37.3 Å². The number of nitrogens with zero attached hydrogens (tertiary/aromatic N) is 3. The van der Waals surface area contributed by atoms with Crippen molar-refractivity contribution >= 4 is 24.1 Å². The quantitative estimate of drug-likeness (QED) is 0.663. The van der Waals surface area contributed by atoms with E-state index < -0.39 is 0 Å². The number of amides is 1. The molecule has 8 heteroatoms. The Hall–Kier alpha value is -2.93. The van der Waals surface area contributed by atoms with Gasteiger partial charge in [0.15, 0.2) is 0 Å². The van der Waals surface area contributed by atoms with Crippen molar-refractivity contribution in [1.82, 2.24) is 19.7 Å². The molecule has 3 aromatic rings. The second-order valence-corrected chi connectivity index (χ2v) is 6.42. The minimum absolute atomic E-state index is 0. The van der Waals surface area contributed by atoms with Crippen molar-refractivity contribution in [3.8, 4) is 5.95 Å². The summed E-state index contributed by atoms with van der Waals surface area (Å²) in [6.07, 6.45) is 1.61.